The highest BCUT2D eigenvalue weighted by Gasteiger charge is 2.18. The largest absolute Gasteiger partial charge is 0.408 e. The molecule has 106 valence electrons. The Kier molecular flexibility index (Phi) is 2.62. The maximum atomic E-state index is 5.80. The van der Waals surface area contributed by atoms with Crippen LogP contribution in [0.1, 0.15) is 18.4 Å². The van der Waals surface area contributed by atoms with Gasteiger partial charge in [-0.25, -0.2) is 4.98 Å². The highest BCUT2D eigenvalue weighted by Crippen LogP contribution is 2.33. The molecule has 0 saturated carbocycles. The van der Waals surface area contributed by atoms with E-state index in [4.69, 9.17) is 10.6 Å². The first-order valence-corrected chi connectivity index (χ1v) is 7.00. The Labute approximate surface area is 122 Å². The third-order valence-corrected chi connectivity index (χ3v) is 3.90. The van der Waals surface area contributed by atoms with E-state index >= 15 is 0 Å². The Balaban J connectivity index is 1.81. The average Bonchev–Trinajstić information content (AvgIpc) is 2.90. The molecule has 21 heavy (non-hydrogen) atoms. The first kappa shape index (κ1) is 12.2. The van der Waals surface area contributed by atoms with E-state index in [2.05, 4.69) is 34.5 Å². The summed E-state index contributed by atoms with van der Waals surface area (Å²) in [5.41, 5.74) is 13.5. The van der Waals surface area contributed by atoms with Crippen molar-refractivity contribution in [2.24, 2.45) is 0 Å². The quantitative estimate of drug-likeness (QED) is 0.599. The van der Waals surface area contributed by atoms with Crippen LogP contribution in [-0.2, 0) is 0 Å². The van der Waals surface area contributed by atoms with Crippen molar-refractivity contribution < 1.29 is 4.84 Å². The van der Waals surface area contributed by atoms with E-state index < -0.39 is 0 Å². The predicted octanol–water partition coefficient (Wildman–Crippen LogP) is 2.81. The van der Waals surface area contributed by atoms with Crippen molar-refractivity contribution in [2.75, 3.05) is 12.3 Å². The summed E-state index contributed by atoms with van der Waals surface area (Å²) in [7, 11) is 0. The van der Waals surface area contributed by atoms with Gasteiger partial charge in [0.2, 0.25) is 0 Å². The van der Waals surface area contributed by atoms with Crippen LogP contribution in [0, 0.1) is 0 Å². The minimum Gasteiger partial charge on any atom is -0.408 e. The number of anilines is 1. The molecule has 4 rings (SSSR count). The molecule has 2 aromatic carbocycles. The second-order valence-electron chi connectivity index (χ2n) is 5.47. The maximum Gasteiger partial charge on any atom is 0.151 e. The van der Waals surface area contributed by atoms with Crippen molar-refractivity contribution in [3.63, 3.8) is 0 Å². The van der Waals surface area contributed by atoms with E-state index in [0.29, 0.717) is 11.6 Å². The number of imidazole rings is 1. The van der Waals surface area contributed by atoms with Gasteiger partial charge in [-0.2, -0.15) is 5.48 Å². The molecular formula is C16H16N4O. The van der Waals surface area contributed by atoms with Gasteiger partial charge in [0.15, 0.2) is 5.75 Å². The third-order valence-electron chi connectivity index (χ3n) is 3.90. The van der Waals surface area contributed by atoms with Crippen molar-refractivity contribution in [1.29, 1.82) is 0 Å². The van der Waals surface area contributed by atoms with Crippen molar-refractivity contribution in [2.45, 2.75) is 12.8 Å². The Morgan fingerprint density at radius 2 is 2.14 bits per heavy atom. The Morgan fingerprint density at radius 1 is 1.24 bits per heavy atom. The first-order chi connectivity index (χ1) is 10.2. The van der Waals surface area contributed by atoms with Crippen LogP contribution in [0.3, 0.4) is 0 Å². The molecule has 5 heteroatoms. The fourth-order valence-electron chi connectivity index (χ4n) is 2.69. The van der Waals surface area contributed by atoms with Gasteiger partial charge in [0.1, 0.15) is 5.82 Å². The Morgan fingerprint density at radius 3 is 3.05 bits per heavy atom. The SMILES string of the molecule is CC1CNOc2cc(-c3nc4cc(N)ccc4[nH]3)ccc21. The summed E-state index contributed by atoms with van der Waals surface area (Å²) in [6.07, 6.45) is 0. The zero-order valence-corrected chi connectivity index (χ0v) is 11.7. The fraction of sp³-hybridized carbons (Fsp3) is 0.188. The zero-order chi connectivity index (χ0) is 14.4. The van der Waals surface area contributed by atoms with Crippen LogP contribution < -0.4 is 16.1 Å². The lowest BCUT2D eigenvalue weighted by Crippen LogP contribution is -2.29. The molecular weight excluding hydrogens is 264 g/mol. The van der Waals surface area contributed by atoms with Crippen molar-refractivity contribution in [3.8, 4) is 17.1 Å². The molecule has 4 N–H and O–H groups in total. The number of nitrogens with zero attached hydrogens (tertiary/aromatic N) is 1. The fourth-order valence-corrected chi connectivity index (χ4v) is 2.69. The number of nitrogen functional groups attached to an aromatic ring is 1. The average molecular weight is 280 g/mol. The summed E-state index contributed by atoms with van der Waals surface area (Å²) < 4.78 is 0. The van der Waals surface area contributed by atoms with Crippen LogP contribution in [0.2, 0.25) is 0 Å². The zero-order valence-electron chi connectivity index (χ0n) is 11.7. The number of benzene rings is 2. The molecule has 0 fully saturated rings. The van der Waals surface area contributed by atoms with Crippen molar-refractivity contribution in [3.05, 3.63) is 42.0 Å². The summed E-state index contributed by atoms with van der Waals surface area (Å²) in [4.78, 5) is 13.5. The van der Waals surface area contributed by atoms with E-state index in [9.17, 15) is 0 Å². The predicted molar refractivity (Wildman–Crippen MR) is 83.0 cm³/mol. The smallest absolute Gasteiger partial charge is 0.151 e. The number of nitrogens with two attached hydrogens (primary N) is 1. The van der Waals surface area contributed by atoms with Crippen molar-refractivity contribution >= 4 is 16.7 Å². The van der Waals surface area contributed by atoms with E-state index in [1.165, 1.54) is 5.56 Å². The molecule has 1 aromatic heterocycles. The van der Waals surface area contributed by atoms with Crippen molar-refractivity contribution in [1.82, 2.24) is 15.4 Å². The van der Waals surface area contributed by atoms with Crippen LogP contribution in [0.5, 0.6) is 5.75 Å². The number of hydrogen-bond acceptors (Lipinski definition) is 4. The summed E-state index contributed by atoms with van der Waals surface area (Å²) in [6.45, 7) is 3.01. The van der Waals surface area contributed by atoms with Gasteiger partial charge in [-0.15, -0.1) is 0 Å². The molecule has 0 saturated heterocycles. The standard InChI is InChI=1S/C16H16N4O/c1-9-8-18-21-15-6-10(2-4-12(9)15)16-19-13-5-3-11(17)7-14(13)20-16/h2-7,9,18H,8,17H2,1H3,(H,19,20). The minimum atomic E-state index is 0.443. The third kappa shape index (κ3) is 2.02. The highest BCUT2D eigenvalue weighted by molar-refractivity contribution is 5.82. The molecule has 1 aliphatic rings. The van der Waals surface area contributed by atoms with Gasteiger partial charge in [0.05, 0.1) is 11.0 Å². The molecule has 1 aliphatic heterocycles. The molecule has 0 radical (unpaired) electrons. The van der Waals surface area contributed by atoms with Crippen LogP contribution in [-0.4, -0.2) is 16.5 Å². The molecule has 0 spiro atoms. The van der Waals surface area contributed by atoms with Gasteiger partial charge >= 0.3 is 0 Å². The minimum absolute atomic E-state index is 0.443. The molecule has 3 aromatic rings. The van der Waals surface area contributed by atoms with Crippen LogP contribution >= 0.6 is 0 Å². The lowest BCUT2D eigenvalue weighted by molar-refractivity contribution is 0.169. The number of hydroxylamine groups is 1. The van der Waals surface area contributed by atoms with E-state index in [1.807, 2.05) is 24.3 Å². The van der Waals surface area contributed by atoms with Gasteiger partial charge in [-0.3, -0.25) is 0 Å². The lowest BCUT2D eigenvalue weighted by atomic mass is 9.97. The number of H-pyrrole nitrogens is 1. The van der Waals surface area contributed by atoms with Gasteiger partial charge in [0, 0.05) is 29.3 Å². The summed E-state index contributed by atoms with van der Waals surface area (Å²) >= 11 is 0. The summed E-state index contributed by atoms with van der Waals surface area (Å²) in [5.74, 6) is 2.13. The van der Waals surface area contributed by atoms with Gasteiger partial charge in [0.25, 0.3) is 0 Å². The second-order valence-corrected chi connectivity index (χ2v) is 5.47. The normalized spacial score (nSPS) is 17.5. The topological polar surface area (TPSA) is 76.0 Å². The first-order valence-electron chi connectivity index (χ1n) is 7.00. The second kappa shape index (κ2) is 4.49. The number of fused-ring (bicyclic) bond motifs is 2. The molecule has 2 heterocycles. The number of aromatic amines is 1. The Bertz CT molecular complexity index is 824. The Hall–Kier alpha value is -2.53. The summed E-state index contributed by atoms with van der Waals surface area (Å²) in [6, 6.07) is 11.9. The number of aromatic nitrogens is 2. The van der Waals surface area contributed by atoms with Gasteiger partial charge in [-0.05, 0) is 24.3 Å². The molecule has 0 amide bonds. The molecule has 1 unspecified atom stereocenters. The van der Waals surface area contributed by atoms with Gasteiger partial charge in [-0.1, -0.05) is 19.1 Å². The lowest BCUT2D eigenvalue weighted by Gasteiger charge is -2.23. The van der Waals surface area contributed by atoms with E-state index in [1.54, 1.807) is 0 Å². The molecule has 0 aliphatic carbocycles. The van der Waals surface area contributed by atoms with Crippen LogP contribution in [0.25, 0.3) is 22.4 Å². The maximum absolute atomic E-state index is 5.80. The van der Waals surface area contributed by atoms with E-state index in [-0.39, 0.29) is 0 Å². The van der Waals surface area contributed by atoms with Crippen LogP contribution in [0.15, 0.2) is 36.4 Å². The highest BCUT2D eigenvalue weighted by atomic mass is 16.6. The van der Waals surface area contributed by atoms with E-state index in [0.717, 1.165) is 34.7 Å². The molecule has 0 bridgehead atoms. The number of nitrogens with one attached hydrogen (secondary N) is 2. The van der Waals surface area contributed by atoms with Crippen LogP contribution in [0.4, 0.5) is 5.69 Å². The molecule has 1 atom stereocenters. The number of rotatable bonds is 1. The summed E-state index contributed by atoms with van der Waals surface area (Å²) in [5, 5.41) is 0. The van der Waals surface area contributed by atoms with Gasteiger partial charge < -0.3 is 15.6 Å². The monoisotopic (exact) mass is 280 g/mol. The number of hydrogen-bond donors (Lipinski definition) is 3. The molecule has 5 nitrogen and oxygen atoms in total.